The molecule has 0 bridgehead atoms. The molecule has 6 heteroatoms. The molecule has 0 aliphatic heterocycles. The van der Waals surface area contributed by atoms with Gasteiger partial charge in [-0.2, -0.15) is 0 Å². The molecule has 90 heavy (non-hydrogen) atoms. The molecule has 4 aliphatic rings. The van der Waals surface area contributed by atoms with Gasteiger partial charge < -0.3 is 24.8 Å². The molecule has 16 rings (SSSR count). The van der Waals surface area contributed by atoms with E-state index in [-0.39, 0.29) is 24.8 Å². The van der Waals surface area contributed by atoms with Crippen LogP contribution in [0.3, 0.4) is 0 Å². The van der Waals surface area contributed by atoms with Crippen molar-refractivity contribution in [1.82, 2.24) is 0 Å². The second-order valence-corrected chi connectivity index (χ2v) is 75.4. The third kappa shape index (κ3) is 10.7. The number of hydrogen-bond acceptors (Lipinski definition) is 0. The molecule has 4 unspecified atom stereocenters. The van der Waals surface area contributed by atoms with Crippen LogP contribution in [0.15, 0.2) is 265 Å². The Morgan fingerprint density at radius 1 is 0.233 bits per heavy atom. The first kappa shape index (κ1) is 62.2. The summed E-state index contributed by atoms with van der Waals surface area (Å²) in [5.74, 6) is 0. The van der Waals surface area contributed by atoms with Gasteiger partial charge in [-0.25, -0.2) is 0 Å². The van der Waals surface area contributed by atoms with Crippen molar-refractivity contribution >= 4 is 78.4 Å². The molecular formula is C84H72Cl2Hf2Si2-2. The summed E-state index contributed by atoms with van der Waals surface area (Å²) >= 11 is -4.78. The van der Waals surface area contributed by atoms with E-state index in [0.29, 0.717) is 14.7 Å². The van der Waals surface area contributed by atoms with Crippen LogP contribution in [-0.2, 0) is 40.1 Å². The summed E-state index contributed by atoms with van der Waals surface area (Å²) < 4.78 is 2.53. The van der Waals surface area contributed by atoms with Crippen LogP contribution in [0.4, 0.5) is 0 Å². The maximum absolute atomic E-state index is 2.63. The SMILES string of the molecule is CC1=Cc2c(-c3cccc4ccccc34)cccc2[CH]1[Hf]([CH]1C(C)=Cc2c(-c3cccc4ccccc34)cccc21)=[Si](C)C.CC1=Cc2c(-c3cccc4ccccc34)cccc2[CH]1[Hf]([CH]1C(C)=Cc2c(-c3cccc4ccccc34)cccc21)=[Si](C)C.[Cl-].[Cl-]. The molecule has 4 atom stereocenters. The average molecular weight is 1570 g/mol. The second kappa shape index (κ2) is 25.8. The Labute approximate surface area is 560 Å². The van der Waals surface area contributed by atoms with Gasteiger partial charge in [0, 0.05) is 0 Å². The predicted octanol–water partition coefficient (Wildman–Crippen LogP) is 17.6. The average Bonchev–Trinajstić information content (AvgIpc) is 1.61. The summed E-state index contributed by atoms with van der Waals surface area (Å²) in [6.07, 6.45) is 10.3. The van der Waals surface area contributed by atoms with Gasteiger partial charge in [0.2, 0.25) is 0 Å². The fourth-order valence-corrected chi connectivity index (χ4v) is 74.9. The Morgan fingerprint density at radius 2 is 0.422 bits per heavy atom. The van der Waals surface area contributed by atoms with Crippen molar-refractivity contribution in [2.75, 3.05) is 0 Å². The molecule has 0 heterocycles. The maximum atomic E-state index is 2.63. The Hall–Kier alpha value is -6.61. The van der Waals surface area contributed by atoms with E-state index in [2.05, 4.69) is 321 Å². The van der Waals surface area contributed by atoms with Crippen molar-refractivity contribution in [2.45, 2.75) is 68.6 Å². The number of fused-ring (bicyclic) bond motifs is 8. The van der Waals surface area contributed by atoms with Crippen LogP contribution in [0, 0.1) is 0 Å². The standard InChI is InChI=1S/4C20H15.2C2H6Si.2ClH.2Hf/c4*1-14-12-16-8-5-11-19(20(16)13-14)18-10-4-7-15-6-2-3-9-17(15)18;2*1-3-2;;;;/h4*2-13H,1H3;2*1-2H3;2*1H;;/p-2. The van der Waals surface area contributed by atoms with E-state index < -0.39 is 51.1 Å². The quantitative estimate of drug-likeness (QED) is 0.133. The molecule has 12 aromatic carbocycles. The van der Waals surface area contributed by atoms with E-state index in [9.17, 15) is 0 Å². The number of halogens is 2. The zero-order valence-corrected chi connectivity index (χ0v) is 63.2. The Kier molecular flexibility index (Phi) is 17.8. The van der Waals surface area contributed by atoms with Crippen LogP contribution in [0.25, 0.3) is 112 Å². The van der Waals surface area contributed by atoms with Crippen molar-refractivity contribution in [3.63, 3.8) is 0 Å². The van der Waals surface area contributed by atoms with Crippen molar-refractivity contribution < 1.29 is 64.9 Å². The Bertz CT molecular complexity index is 4460. The summed E-state index contributed by atoms with van der Waals surface area (Å²) in [6, 6.07) is 91.1. The summed E-state index contributed by atoms with van der Waals surface area (Å²) in [6.45, 7) is 20.3. The zero-order valence-electron chi connectivity index (χ0n) is 52.5. The first-order chi connectivity index (χ1) is 43.0. The molecule has 0 N–H and O–H groups in total. The van der Waals surface area contributed by atoms with Gasteiger partial charge in [0.1, 0.15) is 0 Å². The van der Waals surface area contributed by atoms with Crippen LogP contribution in [0.5, 0.6) is 0 Å². The predicted molar refractivity (Wildman–Crippen MR) is 378 cm³/mol. The molecule has 0 aromatic heterocycles. The van der Waals surface area contributed by atoms with Gasteiger partial charge in [0.05, 0.1) is 0 Å². The Morgan fingerprint density at radius 3 is 0.644 bits per heavy atom. The van der Waals surface area contributed by atoms with Gasteiger partial charge in [0.25, 0.3) is 0 Å². The molecule has 0 nitrogen and oxygen atoms in total. The summed E-state index contributed by atoms with van der Waals surface area (Å²) in [4.78, 5) is 0. The minimum absolute atomic E-state index is 0. The van der Waals surface area contributed by atoms with Crippen LogP contribution >= 0.6 is 0 Å². The van der Waals surface area contributed by atoms with E-state index in [1.54, 1.807) is 44.5 Å². The molecule has 0 saturated heterocycles. The first-order valence-corrected chi connectivity index (χ1v) is 55.6. The molecule has 0 amide bonds. The summed E-state index contributed by atoms with van der Waals surface area (Å²) in [7, 11) is 0. The van der Waals surface area contributed by atoms with E-state index >= 15 is 0 Å². The number of rotatable bonds is 8. The molecule has 440 valence electrons. The fraction of sp³-hybridized carbons (Fsp3) is 0.143. The second-order valence-electron chi connectivity index (χ2n) is 25.5. The molecular weight excluding hydrogens is 1490 g/mol. The normalized spacial score (nSPS) is 16.5. The largest absolute Gasteiger partial charge is 1.00 e. The van der Waals surface area contributed by atoms with Gasteiger partial charge in [-0.05, 0) is 0 Å². The van der Waals surface area contributed by atoms with E-state index in [0.717, 1.165) is 0 Å². The number of allylic oxidation sites excluding steroid dienone is 4. The van der Waals surface area contributed by atoms with Crippen molar-refractivity contribution in [1.29, 1.82) is 0 Å². The van der Waals surface area contributed by atoms with E-state index in [1.165, 1.54) is 110 Å². The van der Waals surface area contributed by atoms with Crippen LogP contribution in [0.2, 0.25) is 26.2 Å². The van der Waals surface area contributed by atoms with Crippen molar-refractivity contribution in [3.05, 3.63) is 309 Å². The third-order valence-electron chi connectivity index (χ3n) is 19.8. The number of benzene rings is 12. The molecule has 0 saturated carbocycles. The number of hydrogen-bond donors (Lipinski definition) is 0. The van der Waals surface area contributed by atoms with Crippen molar-refractivity contribution in [2.24, 2.45) is 0 Å². The van der Waals surface area contributed by atoms with E-state index in [1.807, 2.05) is 0 Å². The van der Waals surface area contributed by atoms with Crippen LogP contribution in [0.1, 0.15) is 86.9 Å². The van der Waals surface area contributed by atoms with Gasteiger partial charge in [-0.15, -0.1) is 0 Å². The Balaban J connectivity index is 0.000000162. The topological polar surface area (TPSA) is 0 Å². The smallest absolute Gasteiger partial charge is 1.00 e. The van der Waals surface area contributed by atoms with Crippen LogP contribution in [-0.4, -0.2) is 11.0 Å². The third-order valence-corrected chi connectivity index (χ3v) is 76.4. The molecule has 0 fully saturated rings. The maximum Gasteiger partial charge on any atom is -1.00 e. The van der Waals surface area contributed by atoms with Crippen LogP contribution < -0.4 is 24.8 Å². The van der Waals surface area contributed by atoms with Gasteiger partial charge in [0.15, 0.2) is 0 Å². The molecule has 0 spiro atoms. The summed E-state index contributed by atoms with van der Waals surface area (Å²) in [5, 5.41) is 10.6. The molecule has 0 radical (unpaired) electrons. The van der Waals surface area contributed by atoms with Gasteiger partial charge in [-0.3, -0.25) is 0 Å². The zero-order chi connectivity index (χ0) is 59.9. The monoisotopic (exact) mass is 1570 g/mol. The molecule has 12 aromatic rings. The minimum atomic E-state index is -2.39. The van der Waals surface area contributed by atoms with E-state index in [4.69, 9.17) is 0 Å². The molecule has 4 aliphatic carbocycles. The van der Waals surface area contributed by atoms with Gasteiger partial charge >= 0.3 is 541 Å². The first-order valence-electron chi connectivity index (χ1n) is 31.5. The fourth-order valence-electron chi connectivity index (χ4n) is 16.1. The minimum Gasteiger partial charge on any atom is -1.00 e. The van der Waals surface area contributed by atoms with Crippen molar-refractivity contribution in [3.8, 4) is 44.5 Å². The summed E-state index contributed by atoms with van der Waals surface area (Å²) in [5.41, 5.74) is 28.8. The van der Waals surface area contributed by atoms with Gasteiger partial charge in [-0.1, -0.05) is 0 Å².